The fourth-order valence-corrected chi connectivity index (χ4v) is 4.50. The number of aromatic nitrogens is 3. The van der Waals surface area contributed by atoms with Crippen LogP contribution in [0.3, 0.4) is 0 Å². The number of amides is 3. The number of aryl methyl sites for hydroxylation is 2. The van der Waals surface area contributed by atoms with E-state index in [4.69, 9.17) is 0 Å². The lowest BCUT2D eigenvalue weighted by atomic mass is 10.0. The van der Waals surface area contributed by atoms with Crippen molar-refractivity contribution in [2.24, 2.45) is 5.92 Å². The molecule has 3 heterocycles. The van der Waals surface area contributed by atoms with E-state index in [1.165, 1.54) is 34.9 Å². The standard InChI is InChI=1S/C30H39FN6O5/c1-17(2)14-20-21(31)15-32-26-19(4)24(33-27(20)26)16-37-18(3)12-13-23(29(37)40)34-28(39)22(35-30(41)42-7)10-8-9-11-25(38)36(5)6/h9,11-13,15,17,22,33H,8,10,14,16H2,1-7H3,(H,34,39)(H,35,41). The molecule has 0 bridgehead atoms. The van der Waals surface area contributed by atoms with Crippen LogP contribution >= 0.6 is 0 Å². The van der Waals surface area contributed by atoms with Crippen molar-refractivity contribution >= 4 is 34.6 Å². The Balaban J connectivity index is 1.87. The average Bonchev–Trinajstić information content (AvgIpc) is 3.25. The van der Waals surface area contributed by atoms with E-state index in [2.05, 4.69) is 25.3 Å². The number of pyridine rings is 2. The van der Waals surface area contributed by atoms with Crippen LogP contribution in [-0.4, -0.2) is 64.6 Å². The highest BCUT2D eigenvalue weighted by atomic mass is 19.1. The number of H-pyrrole nitrogens is 1. The van der Waals surface area contributed by atoms with Crippen LogP contribution in [0.15, 0.2) is 35.3 Å². The number of anilines is 1. The van der Waals surface area contributed by atoms with E-state index in [9.17, 15) is 23.6 Å². The second-order valence-electron chi connectivity index (χ2n) is 10.8. The van der Waals surface area contributed by atoms with E-state index < -0.39 is 23.6 Å². The van der Waals surface area contributed by atoms with Gasteiger partial charge in [0.15, 0.2) is 0 Å². The van der Waals surface area contributed by atoms with E-state index in [-0.39, 0.29) is 36.3 Å². The predicted octanol–water partition coefficient (Wildman–Crippen LogP) is 3.82. The third-order valence-electron chi connectivity index (χ3n) is 6.91. The van der Waals surface area contributed by atoms with E-state index in [0.717, 1.165) is 5.56 Å². The number of fused-ring (bicyclic) bond motifs is 1. The second-order valence-corrected chi connectivity index (χ2v) is 10.8. The zero-order valence-electron chi connectivity index (χ0n) is 25.1. The number of aromatic amines is 1. The molecule has 0 aliphatic carbocycles. The Kier molecular flexibility index (Phi) is 10.6. The van der Waals surface area contributed by atoms with E-state index in [1.807, 2.05) is 20.8 Å². The molecular weight excluding hydrogens is 543 g/mol. The van der Waals surface area contributed by atoms with Crippen molar-refractivity contribution in [3.63, 3.8) is 0 Å². The van der Waals surface area contributed by atoms with Crippen molar-refractivity contribution in [2.45, 2.75) is 59.5 Å². The first-order valence-electron chi connectivity index (χ1n) is 13.7. The molecule has 3 rings (SSSR count). The van der Waals surface area contributed by atoms with Crippen molar-refractivity contribution < 1.29 is 23.5 Å². The van der Waals surface area contributed by atoms with Gasteiger partial charge in [0, 0.05) is 31.0 Å². The Hall–Kier alpha value is -4.48. The Labute approximate surface area is 244 Å². The number of nitrogens with one attached hydrogen (secondary N) is 3. The fraction of sp³-hybridized carbons (Fsp3) is 0.433. The van der Waals surface area contributed by atoms with Gasteiger partial charge in [-0.1, -0.05) is 19.9 Å². The van der Waals surface area contributed by atoms with Crippen LogP contribution in [0.4, 0.5) is 14.9 Å². The number of allylic oxidation sites excluding steroid dienone is 1. The topological polar surface area (TPSA) is 138 Å². The van der Waals surface area contributed by atoms with Gasteiger partial charge in [0.05, 0.1) is 30.9 Å². The van der Waals surface area contributed by atoms with Crippen LogP contribution in [0.25, 0.3) is 11.0 Å². The highest BCUT2D eigenvalue weighted by Crippen LogP contribution is 2.27. The molecule has 0 radical (unpaired) electrons. The van der Waals surface area contributed by atoms with Gasteiger partial charge in [0.2, 0.25) is 11.8 Å². The summed E-state index contributed by atoms with van der Waals surface area (Å²) in [5.74, 6) is -0.965. The molecule has 12 heteroatoms. The summed E-state index contributed by atoms with van der Waals surface area (Å²) in [6.45, 7) is 7.82. The number of carbonyl (C=O) groups excluding carboxylic acids is 3. The SMILES string of the molecule is COC(=O)NC(CCC=CC(=O)N(C)C)C(=O)Nc1ccc(C)n(Cc2[nH]c3c(CC(C)C)c(F)cnc3c2C)c1=O. The third-order valence-corrected chi connectivity index (χ3v) is 6.91. The molecule has 11 nitrogen and oxygen atoms in total. The Morgan fingerprint density at radius 1 is 1.21 bits per heavy atom. The molecule has 0 saturated heterocycles. The van der Waals surface area contributed by atoms with Gasteiger partial charge in [-0.2, -0.15) is 0 Å². The molecule has 1 unspecified atom stereocenters. The van der Waals surface area contributed by atoms with E-state index in [0.29, 0.717) is 40.8 Å². The minimum Gasteiger partial charge on any atom is -0.453 e. The van der Waals surface area contributed by atoms with Crippen LogP contribution in [0.2, 0.25) is 0 Å². The molecule has 0 fully saturated rings. The summed E-state index contributed by atoms with van der Waals surface area (Å²) in [6, 6.07) is 2.18. The summed E-state index contributed by atoms with van der Waals surface area (Å²) in [6.07, 6.45) is 4.42. The molecule has 1 atom stereocenters. The van der Waals surface area contributed by atoms with E-state index >= 15 is 0 Å². The molecule has 3 N–H and O–H groups in total. The number of rotatable bonds is 11. The van der Waals surface area contributed by atoms with Crippen molar-refractivity contribution in [2.75, 3.05) is 26.5 Å². The first-order valence-corrected chi connectivity index (χ1v) is 13.7. The minimum absolute atomic E-state index is 0.0269. The number of carbonyl (C=O) groups is 3. The van der Waals surface area contributed by atoms with Gasteiger partial charge in [-0.15, -0.1) is 0 Å². The van der Waals surface area contributed by atoms with Gasteiger partial charge >= 0.3 is 6.09 Å². The maximum atomic E-state index is 14.7. The van der Waals surface area contributed by atoms with Crippen molar-refractivity contribution in [1.29, 1.82) is 0 Å². The summed E-state index contributed by atoms with van der Waals surface area (Å²) in [7, 11) is 4.42. The van der Waals surface area contributed by atoms with Gasteiger partial charge in [-0.25, -0.2) is 9.18 Å². The predicted molar refractivity (Wildman–Crippen MR) is 159 cm³/mol. The van der Waals surface area contributed by atoms with Crippen LogP contribution in [-0.2, 0) is 27.3 Å². The number of alkyl carbamates (subject to hydrolysis) is 1. The Morgan fingerprint density at radius 3 is 2.57 bits per heavy atom. The zero-order valence-corrected chi connectivity index (χ0v) is 25.1. The summed E-state index contributed by atoms with van der Waals surface area (Å²) in [4.78, 5) is 59.3. The lowest BCUT2D eigenvalue weighted by molar-refractivity contribution is -0.123. The fourth-order valence-electron chi connectivity index (χ4n) is 4.50. The zero-order chi connectivity index (χ0) is 31.1. The van der Waals surface area contributed by atoms with Crippen molar-refractivity contribution in [3.8, 4) is 0 Å². The molecular formula is C30H39FN6O5. The summed E-state index contributed by atoms with van der Waals surface area (Å²) >= 11 is 0. The van der Waals surface area contributed by atoms with Crippen LogP contribution in [0.5, 0.6) is 0 Å². The van der Waals surface area contributed by atoms with Crippen LogP contribution < -0.4 is 16.2 Å². The third kappa shape index (κ3) is 7.62. The lowest BCUT2D eigenvalue weighted by Gasteiger charge is -2.18. The van der Waals surface area contributed by atoms with Crippen LogP contribution in [0.1, 0.15) is 49.2 Å². The number of likely N-dealkylation sites (N-methyl/N-ethyl adjacent to an activating group) is 1. The Morgan fingerprint density at radius 2 is 1.93 bits per heavy atom. The van der Waals surface area contributed by atoms with Crippen LogP contribution in [0, 0.1) is 25.6 Å². The van der Waals surface area contributed by atoms with Crippen molar-refractivity contribution in [3.05, 3.63) is 69.2 Å². The summed E-state index contributed by atoms with van der Waals surface area (Å²) < 4.78 is 20.8. The molecule has 0 aromatic carbocycles. The number of ether oxygens (including phenoxy) is 1. The highest BCUT2D eigenvalue weighted by molar-refractivity contribution is 5.96. The van der Waals surface area contributed by atoms with Gasteiger partial charge in [0.25, 0.3) is 5.56 Å². The monoisotopic (exact) mass is 582 g/mol. The highest BCUT2D eigenvalue weighted by Gasteiger charge is 2.23. The number of nitrogens with zero attached hydrogens (tertiary/aromatic N) is 3. The average molecular weight is 583 g/mol. The molecule has 226 valence electrons. The minimum atomic E-state index is -1.03. The van der Waals surface area contributed by atoms with Gasteiger partial charge < -0.3 is 29.8 Å². The first kappa shape index (κ1) is 32.0. The number of methoxy groups -OCH3 is 1. The molecule has 0 spiro atoms. The normalized spacial score (nSPS) is 12.1. The molecule has 3 amide bonds. The van der Waals surface area contributed by atoms with E-state index in [1.54, 1.807) is 33.2 Å². The summed E-state index contributed by atoms with van der Waals surface area (Å²) in [5, 5.41) is 5.10. The van der Waals surface area contributed by atoms with Gasteiger partial charge in [-0.05, 0) is 62.8 Å². The maximum absolute atomic E-state index is 14.7. The van der Waals surface area contributed by atoms with Gasteiger partial charge in [0.1, 0.15) is 17.5 Å². The molecule has 3 aromatic rings. The first-order chi connectivity index (χ1) is 19.8. The second kappa shape index (κ2) is 13.9. The number of halogens is 1. The quantitative estimate of drug-likeness (QED) is 0.294. The van der Waals surface area contributed by atoms with Gasteiger partial charge in [-0.3, -0.25) is 19.4 Å². The molecule has 0 saturated carbocycles. The molecule has 3 aromatic heterocycles. The molecule has 42 heavy (non-hydrogen) atoms. The maximum Gasteiger partial charge on any atom is 0.407 e. The summed E-state index contributed by atoms with van der Waals surface area (Å²) in [5.41, 5.74) is 3.55. The molecule has 0 aliphatic rings. The largest absolute Gasteiger partial charge is 0.453 e. The molecule has 0 aliphatic heterocycles. The number of hydrogen-bond acceptors (Lipinski definition) is 6. The number of hydrogen-bond donors (Lipinski definition) is 3. The van der Waals surface area contributed by atoms with Crippen molar-refractivity contribution in [1.82, 2.24) is 24.8 Å². The smallest absolute Gasteiger partial charge is 0.407 e. The Bertz CT molecular complexity index is 1560. The lowest BCUT2D eigenvalue weighted by Crippen LogP contribution is -2.44.